The molecule has 2 aromatic carbocycles. The molecule has 2 aromatic heterocycles. The highest BCUT2D eigenvalue weighted by atomic mass is 28.4. The Labute approximate surface area is 342 Å². The SMILES string of the molecule is CCC=Cc1nc(N(C)C)c2c(c1OCc1ccccc1)C(=O)C1=C(O)[C@]3(O[Si](C)(C)C(C)(C)C)C(=O)c4c(OCc5ccccc5)noc4[C@@H](N(C)C)[C@@H]3C[C@@H]1C2. The highest BCUT2D eigenvalue weighted by molar-refractivity contribution is 6.74. The number of hydrogen-bond acceptors (Lipinski definition) is 11. The van der Waals surface area contributed by atoms with Crippen molar-refractivity contribution in [2.24, 2.45) is 11.8 Å². The van der Waals surface area contributed by atoms with Crippen molar-refractivity contribution < 1.29 is 33.1 Å². The molecule has 58 heavy (non-hydrogen) atoms. The van der Waals surface area contributed by atoms with E-state index in [1.807, 2.05) is 118 Å². The fourth-order valence-corrected chi connectivity index (χ4v) is 9.94. The van der Waals surface area contributed by atoms with E-state index in [2.05, 4.69) is 39.0 Å². The van der Waals surface area contributed by atoms with Crippen LogP contribution in [0.25, 0.3) is 6.08 Å². The Kier molecular flexibility index (Phi) is 11.1. The zero-order valence-electron chi connectivity index (χ0n) is 35.4. The summed E-state index contributed by atoms with van der Waals surface area (Å²) in [5.41, 5.74) is 1.78. The summed E-state index contributed by atoms with van der Waals surface area (Å²) in [5, 5.41) is 17.1. The third kappa shape index (κ3) is 6.98. The van der Waals surface area contributed by atoms with E-state index < -0.39 is 43.4 Å². The molecule has 0 saturated carbocycles. The molecule has 11 nitrogen and oxygen atoms in total. The van der Waals surface area contributed by atoms with Crippen molar-refractivity contribution in [2.75, 3.05) is 33.1 Å². The molecule has 4 aromatic rings. The number of ether oxygens (including phenoxy) is 2. The lowest BCUT2D eigenvalue weighted by molar-refractivity contribution is -0.0480. The summed E-state index contributed by atoms with van der Waals surface area (Å²) in [4.78, 5) is 40.2. The second-order valence-electron chi connectivity index (χ2n) is 17.7. The Morgan fingerprint density at radius 2 is 1.57 bits per heavy atom. The van der Waals surface area contributed by atoms with Gasteiger partial charge in [-0.25, -0.2) is 4.98 Å². The van der Waals surface area contributed by atoms with Gasteiger partial charge in [0.25, 0.3) is 5.88 Å². The number of hydrogen-bond donors (Lipinski definition) is 1. The highest BCUT2D eigenvalue weighted by Gasteiger charge is 2.67. The first-order valence-corrected chi connectivity index (χ1v) is 23.1. The number of carbonyl (C=O) groups excluding carboxylic acids is 2. The number of fused-ring (bicyclic) bond motifs is 4. The number of Topliss-reactive ketones (excluding diaryl/α,β-unsaturated/α-hetero) is 2. The van der Waals surface area contributed by atoms with E-state index in [0.29, 0.717) is 41.4 Å². The maximum Gasteiger partial charge on any atom is 0.265 e. The molecule has 7 rings (SSSR count). The fraction of sp³-hybridized carbons (Fsp3) is 0.435. The molecule has 0 spiro atoms. The number of carbonyl (C=O) groups is 2. The molecule has 0 saturated heterocycles. The summed E-state index contributed by atoms with van der Waals surface area (Å²) in [5.74, 6) is -0.994. The number of benzene rings is 2. The van der Waals surface area contributed by atoms with Crippen LogP contribution in [-0.4, -0.2) is 73.8 Å². The third-order valence-electron chi connectivity index (χ3n) is 12.3. The lowest BCUT2D eigenvalue weighted by Gasteiger charge is -2.55. The van der Waals surface area contributed by atoms with Crippen molar-refractivity contribution in [1.82, 2.24) is 15.0 Å². The molecule has 3 aliphatic carbocycles. The first kappa shape index (κ1) is 41.1. The van der Waals surface area contributed by atoms with Crippen LogP contribution in [0.3, 0.4) is 0 Å². The zero-order valence-corrected chi connectivity index (χ0v) is 36.4. The Bertz CT molecular complexity index is 2260. The molecule has 0 amide bonds. The lowest BCUT2D eigenvalue weighted by atomic mass is 9.58. The number of aliphatic hydroxyl groups excluding tert-OH is 1. The van der Waals surface area contributed by atoms with Crippen molar-refractivity contribution in [3.8, 4) is 11.6 Å². The predicted octanol–water partition coefficient (Wildman–Crippen LogP) is 9.16. The summed E-state index contributed by atoms with van der Waals surface area (Å²) in [6.45, 7) is 12.8. The summed E-state index contributed by atoms with van der Waals surface area (Å²) < 4.78 is 26.2. The van der Waals surface area contributed by atoms with Crippen molar-refractivity contribution in [3.63, 3.8) is 0 Å². The number of aromatic nitrogens is 2. The molecule has 3 aliphatic rings. The van der Waals surface area contributed by atoms with Gasteiger partial charge in [0.2, 0.25) is 5.78 Å². The molecule has 0 unspecified atom stereocenters. The average Bonchev–Trinajstić information content (AvgIpc) is 3.60. The van der Waals surface area contributed by atoms with E-state index in [1.54, 1.807) is 0 Å². The number of pyridine rings is 1. The van der Waals surface area contributed by atoms with Gasteiger partial charge in [0.15, 0.2) is 31.2 Å². The number of aliphatic hydroxyl groups is 1. The summed E-state index contributed by atoms with van der Waals surface area (Å²) in [6, 6.07) is 18.8. The molecule has 4 atom stereocenters. The van der Waals surface area contributed by atoms with Crippen LogP contribution >= 0.6 is 0 Å². The molecule has 0 fully saturated rings. The van der Waals surface area contributed by atoms with Crippen LogP contribution in [0.5, 0.6) is 11.6 Å². The minimum Gasteiger partial charge on any atom is -0.508 e. The first-order chi connectivity index (χ1) is 27.5. The monoisotopic (exact) mass is 804 g/mol. The van der Waals surface area contributed by atoms with Crippen molar-refractivity contribution in [3.05, 3.63) is 117 Å². The molecule has 0 radical (unpaired) electrons. The normalized spacial score (nSPS) is 21.8. The van der Waals surface area contributed by atoms with Gasteiger partial charge >= 0.3 is 0 Å². The van der Waals surface area contributed by atoms with Crippen molar-refractivity contribution >= 4 is 31.8 Å². The minimum absolute atomic E-state index is 0.0262. The smallest absolute Gasteiger partial charge is 0.265 e. The number of nitrogens with zero attached hydrogens (tertiary/aromatic N) is 4. The molecular weight excluding hydrogens is 749 g/mol. The van der Waals surface area contributed by atoms with Gasteiger partial charge in [0.05, 0.1) is 11.6 Å². The number of rotatable bonds is 12. The van der Waals surface area contributed by atoms with E-state index in [4.69, 9.17) is 23.4 Å². The van der Waals surface area contributed by atoms with Crippen LogP contribution in [0.4, 0.5) is 5.82 Å². The second-order valence-corrected chi connectivity index (χ2v) is 22.4. The molecule has 0 aliphatic heterocycles. The van der Waals surface area contributed by atoms with Gasteiger partial charge in [-0.1, -0.05) is 94.4 Å². The topological polar surface area (TPSA) is 127 Å². The van der Waals surface area contributed by atoms with Gasteiger partial charge in [-0.15, -0.1) is 0 Å². The van der Waals surface area contributed by atoms with Crippen LogP contribution in [0, 0.1) is 11.8 Å². The minimum atomic E-state index is -2.89. The van der Waals surface area contributed by atoms with E-state index >= 15 is 9.59 Å². The second kappa shape index (κ2) is 15.6. The maximum absolute atomic E-state index is 15.7. The van der Waals surface area contributed by atoms with Crippen molar-refractivity contribution in [1.29, 1.82) is 0 Å². The van der Waals surface area contributed by atoms with Gasteiger partial charge in [-0.05, 0) is 79.8 Å². The lowest BCUT2D eigenvalue weighted by Crippen LogP contribution is -2.65. The van der Waals surface area contributed by atoms with E-state index in [0.717, 1.165) is 23.1 Å². The maximum atomic E-state index is 15.7. The van der Waals surface area contributed by atoms with Crippen LogP contribution < -0.4 is 14.4 Å². The summed E-state index contributed by atoms with van der Waals surface area (Å²) >= 11 is 0. The van der Waals surface area contributed by atoms with E-state index in [1.165, 1.54) is 0 Å². The third-order valence-corrected chi connectivity index (χ3v) is 16.8. The molecule has 306 valence electrons. The van der Waals surface area contributed by atoms with Crippen LogP contribution in [0.2, 0.25) is 18.1 Å². The molecule has 0 bridgehead atoms. The molecule has 1 N–H and O–H groups in total. The van der Waals surface area contributed by atoms with Gasteiger partial charge in [0, 0.05) is 31.1 Å². The number of allylic oxidation sites excluding steroid dienone is 2. The first-order valence-electron chi connectivity index (χ1n) is 20.1. The van der Waals surface area contributed by atoms with E-state index in [-0.39, 0.29) is 41.0 Å². The Morgan fingerprint density at radius 3 is 2.14 bits per heavy atom. The molecule has 2 heterocycles. The molecule has 12 heteroatoms. The molecular formula is C46H56N4O7Si. The average molecular weight is 805 g/mol. The zero-order chi connectivity index (χ0) is 41.7. The number of anilines is 1. The van der Waals surface area contributed by atoms with Gasteiger partial charge < -0.3 is 28.4 Å². The quantitative estimate of drug-likeness (QED) is 0.138. The van der Waals surface area contributed by atoms with E-state index in [9.17, 15) is 5.11 Å². The number of ketones is 2. The summed E-state index contributed by atoms with van der Waals surface area (Å²) in [7, 11) is 4.77. The standard InChI is InChI=1S/C46H56N4O7Si/c1-11-12-23-33-39(54-26-28-19-15-13-16-20-28)35-31(43(47-33)50(7)8)24-30-25-32-37(49(5)6)40-36(44(48-56-40)55-27-29-21-17-14-18-22-29)42(53)46(32,41(52)34(30)38(35)51)57-58(9,10)45(2,3)4/h12-23,30,32,37,52H,11,24-27H2,1-10H3/t30-,32-,37-,46-/m0/s1. The Hall–Kier alpha value is -5.04. The summed E-state index contributed by atoms with van der Waals surface area (Å²) in [6.07, 6.45) is 5.35. The fourth-order valence-electron chi connectivity index (χ4n) is 8.49. The Morgan fingerprint density at radius 1 is 0.948 bits per heavy atom. The Balaban J connectivity index is 1.46. The van der Waals surface area contributed by atoms with Gasteiger partial charge in [-0.3, -0.25) is 14.5 Å². The largest absolute Gasteiger partial charge is 0.508 e. The van der Waals surface area contributed by atoms with Crippen LogP contribution in [0.1, 0.15) is 95.4 Å². The van der Waals surface area contributed by atoms with Crippen LogP contribution in [-0.2, 0) is 24.1 Å². The van der Waals surface area contributed by atoms with Gasteiger partial charge in [-0.2, -0.15) is 0 Å². The van der Waals surface area contributed by atoms with Gasteiger partial charge in [0.1, 0.15) is 36.0 Å². The van der Waals surface area contributed by atoms with Crippen LogP contribution in [0.15, 0.2) is 82.6 Å². The van der Waals surface area contributed by atoms with Crippen molar-refractivity contribution in [2.45, 2.75) is 89.9 Å². The predicted molar refractivity (Wildman–Crippen MR) is 227 cm³/mol. The highest BCUT2D eigenvalue weighted by Crippen LogP contribution is 2.60.